The zero-order valence-corrected chi connectivity index (χ0v) is 14.5. The van der Waals surface area contributed by atoms with Crippen LogP contribution in [0.3, 0.4) is 0 Å². The van der Waals surface area contributed by atoms with Gasteiger partial charge in [0.15, 0.2) is 11.5 Å². The molecule has 1 aromatic rings. The van der Waals surface area contributed by atoms with Gasteiger partial charge in [-0.3, -0.25) is 14.5 Å². The second kappa shape index (κ2) is 7.89. The van der Waals surface area contributed by atoms with E-state index in [0.29, 0.717) is 11.3 Å². The molecule has 1 aliphatic rings. The second-order valence-corrected chi connectivity index (χ2v) is 6.06. The highest BCUT2D eigenvalue weighted by Gasteiger charge is 2.34. The highest BCUT2D eigenvalue weighted by atomic mass is 32.2. The normalized spacial score (nSPS) is 16.9. The average Bonchev–Trinajstić information content (AvgIpc) is 2.83. The summed E-state index contributed by atoms with van der Waals surface area (Å²) in [5, 5.41) is 10.4. The maximum Gasteiger partial charge on any atom is 0.293 e. The molecule has 0 N–H and O–H groups in total. The lowest BCUT2D eigenvalue weighted by Crippen LogP contribution is -2.37. The fraction of sp³-hybridized carbons (Fsp3) is 0.235. The van der Waals surface area contributed by atoms with E-state index >= 15 is 0 Å². The summed E-state index contributed by atoms with van der Waals surface area (Å²) >= 11 is 0.842. The van der Waals surface area contributed by atoms with Gasteiger partial charge in [-0.25, -0.2) is 0 Å². The van der Waals surface area contributed by atoms with Crippen molar-refractivity contribution in [2.75, 3.05) is 13.7 Å². The van der Waals surface area contributed by atoms with Crippen LogP contribution < -0.4 is 14.6 Å². The van der Waals surface area contributed by atoms with Crippen molar-refractivity contribution in [1.29, 1.82) is 0 Å². The quantitative estimate of drug-likeness (QED) is 0.535. The number of amides is 2. The fourth-order valence-corrected chi connectivity index (χ4v) is 2.90. The summed E-state index contributed by atoms with van der Waals surface area (Å²) in [6.07, 6.45) is 1.89. The molecule has 2 amide bonds. The predicted octanol–water partition coefficient (Wildman–Crippen LogP) is 1.43. The van der Waals surface area contributed by atoms with Crippen LogP contribution in [-0.4, -0.2) is 41.8 Å². The Kier molecular flexibility index (Phi) is 5.87. The van der Waals surface area contributed by atoms with E-state index in [9.17, 15) is 19.5 Å². The molecule has 1 atom stereocenters. The van der Waals surface area contributed by atoms with Crippen molar-refractivity contribution >= 4 is 35.0 Å². The highest BCUT2D eigenvalue weighted by molar-refractivity contribution is 8.18. The van der Waals surface area contributed by atoms with Crippen molar-refractivity contribution in [2.24, 2.45) is 0 Å². The van der Waals surface area contributed by atoms with Gasteiger partial charge in [-0.15, -0.1) is 6.58 Å². The van der Waals surface area contributed by atoms with Gasteiger partial charge in [0.25, 0.3) is 11.1 Å². The lowest BCUT2D eigenvalue weighted by Gasteiger charge is -2.17. The van der Waals surface area contributed by atoms with E-state index in [1.165, 1.54) is 26.2 Å². The number of ether oxygens (including phenoxy) is 2. The topological polar surface area (TPSA) is 96.0 Å². The number of nitrogens with zero attached hydrogens (tertiary/aromatic N) is 1. The maximum atomic E-state index is 12.2. The van der Waals surface area contributed by atoms with Crippen LogP contribution in [0.1, 0.15) is 12.5 Å². The summed E-state index contributed by atoms with van der Waals surface area (Å²) in [6.45, 7) is 5.02. The molecule has 1 saturated heterocycles. The minimum absolute atomic E-state index is 0.152. The Labute approximate surface area is 148 Å². The first-order valence-electron chi connectivity index (χ1n) is 7.29. The summed E-state index contributed by atoms with van der Waals surface area (Å²) in [5.41, 5.74) is 0.606. The van der Waals surface area contributed by atoms with Crippen LogP contribution in [0.4, 0.5) is 4.79 Å². The lowest BCUT2D eigenvalue weighted by molar-refractivity contribution is -0.312. The number of rotatable bonds is 7. The lowest BCUT2D eigenvalue weighted by atomic mass is 10.2. The number of aliphatic carboxylic acids is 1. The number of hydrogen-bond donors (Lipinski definition) is 0. The fourth-order valence-electron chi connectivity index (χ4n) is 2.05. The van der Waals surface area contributed by atoms with Crippen LogP contribution >= 0.6 is 11.8 Å². The molecule has 0 unspecified atom stereocenters. The summed E-state index contributed by atoms with van der Waals surface area (Å²) in [5.74, 6) is -1.20. The molecule has 0 spiro atoms. The molecule has 8 heteroatoms. The average molecular weight is 362 g/mol. The Morgan fingerprint density at radius 3 is 2.72 bits per heavy atom. The molecule has 1 heterocycles. The molecule has 0 aliphatic carbocycles. The standard InChI is InChI=1S/C17H17NO6S/c1-4-7-18-15(19)14(25-17(18)22)9-11-5-6-12(13(8-11)23-3)24-10(2)16(20)21/h4-6,8-10H,1,7H2,2-3H3,(H,20,21)/p-1/b14-9-/t10-/m0/s1. The number of methoxy groups -OCH3 is 1. The van der Waals surface area contributed by atoms with Crippen LogP contribution in [0.25, 0.3) is 6.08 Å². The molecular formula is C17H16NO6S-. The number of carbonyl (C=O) groups is 3. The second-order valence-electron chi connectivity index (χ2n) is 5.07. The van der Waals surface area contributed by atoms with E-state index in [-0.39, 0.29) is 28.3 Å². The van der Waals surface area contributed by atoms with Crippen molar-refractivity contribution in [3.8, 4) is 11.5 Å². The van der Waals surface area contributed by atoms with Crippen LogP contribution in [0.5, 0.6) is 11.5 Å². The van der Waals surface area contributed by atoms with Crippen molar-refractivity contribution < 1.29 is 29.0 Å². The van der Waals surface area contributed by atoms with Crippen LogP contribution in [0.15, 0.2) is 35.8 Å². The predicted molar refractivity (Wildman–Crippen MR) is 91.0 cm³/mol. The third-order valence-electron chi connectivity index (χ3n) is 3.31. The third kappa shape index (κ3) is 4.21. The molecule has 132 valence electrons. The van der Waals surface area contributed by atoms with Crippen molar-refractivity contribution in [3.63, 3.8) is 0 Å². The highest BCUT2D eigenvalue weighted by Crippen LogP contribution is 2.34. The number of carbonyl (C=O) groups excluding carboxylic acids is 3. The van der Waals surface area contributed by atoms with Gasteiger partial charge in [-0.2, -0.15) is 0 Å². The first kappa shape index (κ1) is 18.6. The van der Waals surface area contributed by atoms with Gasteiger partial charge in [0.2, 0.25) is 0 Å². The van der Waals surface area contributed by atoms with E-state index in [2.05, 4.69) is 6.58 Å². The van der Waals surface area contributed by atoms with Crippen molar-refractivity contribution in [3.05, 3.63) is 41.3 Å². The monoisotopic (exact) mass is 362 g/mol. The summed E-state index contributed by atoms with van der Waals surface area (Å²) in [6, 6.07) is 4.73. The Morgan fingerprint density at radius 1 is 1.40 bits per heavy atom. The summed E-state index contributed by atoms with van der Waals surface area (Å²) in [4.78, 5) is 36.2. The van der Waals surface area contributed by atoms with Crippen LogP contribution in [-0.2, 0) is 9.59 Å². The van der Waals surface area contributed by atoms with Crippen LogP contribution in [0, 0.1) is 0 Å². The molecule has 2 rings (SSSR count). The molecule has 0 aromatic heterocycles. The first-order chi connectivity index (χ1) is 11.9. The van der Waals surface area contributed by atoms with E-state index in [0.717, 1.165) is 16.7 Å². The van der Waals surface area contributed by atoms with Gasteiger partial charge in [-0.1, -0.05) is 12.1 Å². The molecule has 1 aliphatic heterocycles. The first-order valence-corrected chi connectivity index (χ1v) is 8.10. The molecule has 1 fully saturated rings. The molecule has 0 saturated carbocycles. The van der Waals surface area contributed by atoms with Crippen LogP contribution in [0.2, 0.25) is 0 Å². The number of benzene rings is 1. The molecule has 0 bridgehead atoms. The van der Waals surface area contributed by atoms with Gasteiger partial charge in [0.1, 0.15) is 6.10 Å². The molecule has 1 aromatic carbocycles. The molecule has 25 heavy (non-hydrogen) atoms. The smallest absolute Gasteiger partial charge is 0.293 e. The summed E-state index contributed by atoms with van der Waals surface area (Å²) < 4.78 is 10.4. The van der Waals surface area contributed by atoms with Gasteiger partial charge in [0.05, 0.1) is 18.0 Å². The minimum Gasteiger partial charge on any atom is -0.546 e. The Bertz CT molecular complexity index is 758. The maximum absolute atomic E-state index is 12.2. The molecule has 7 nitrogen and oxygen atoms in total. The number of carboxylic acids is 1. The van der Waals surface area contributed by atoms with E-state index < -0.39 is 12.1 Å². The van der Waals surface area contributed by atoms with Gasteiger partial charge in [-0.05, 0) is 42.5 Å². The number of thioether (sulfide) groups is 1. The zero-order chi connectivity index (χ0) is 18.6. The van der Waals surface area contributed by atoms with Crippen molar-refractivity contribution in [1.82, 2.24) is 4.90 Å². The third-order valence-corrected chi connectivity index (χ3v) is 4.21. The van der Waals surface area contributed by atoms with Gasteiger partial charge < -0.3 is 19.4 Å². The number of imide groups is 1. The van der Waals surface area contributed by atoms with E-state index in [1.54, 1.807) is 18.2 Å². The SMILES string of the molecule is C=CCN1C(=O)S/C(=C\c2ccc(O[C@@H](C)C(=O)[O-])c(OC)c2)C1=O. The Hall–Kier alpha value is -2.74. The molecule has 0 radical (unpaired) electrons. The summed E-state index contributed by atoms with van der Waals surface area (Å²) in [7, 11) is 1.41. The van der Waals surface area contributed by atoms with Crippen molar-refractivity contribution in [2.45, 2.75) is 13.0 Å². The minimum atomic E-state index is -1.35. The Morgan fingerprint density at radius 2 is 2.12 bits per heavy atom. The Balaban J connectivity index is 2.26. The zero-order valence-electron chi connectivity index (χ0n) is 13.7. The number of hydrogen-bond acceptors (Lipinski definition) is 7. The molecular weight excluding hydrogens is 346 g/mol. The van der Waals surface area contributed by atoms with E-state index in [1.807, 2.05) is 0 Å². The number of carboxylic acid groups (broad SMARTS) is 1. The largest absolute Gasteiger partial charge is 0.546 e. The van der Waals surface area contributed by atoms with E-state index in [4.69, 9.17) is 9.47 Å². The van der Waals surface area contributed by atoms with Gasteiger partial charge >= 0.3 is 0 Å². The van der Waals surface area contributed by atoms with Gasteiger partial charge in [0, 0.05) is 6.54 Å².